The van der Waals surface area contributed by atoms with E-state index in [0.29, 0.717) is 38.2 Å². The van der Waals surface area contributed by atoms with Crippen LogP contribution in [0.3, 0.4) is 0 Å². The minimum absolute atomic E-state index is 0.152. The summed E-state index contributed by atoms with van der Waals surface area (Å²) in [6.07, 6.45) is 0.971. The van der Waals surface area contributed by atoms with E-state index in [-0.39, 0.29) is 11.7 Å². The van der Waals surface area contributed by atoms with Gasteiger partial charge in [-0.2, -0.15) is 0 Å². The first-order valence-corrected chi connectivity index (χ1v) is 10.3. The average Bonchev–Trinajstić information content (AvgIpc) is 2.56. The van der Waals surface area contributed by atoms with Crippen molar-refractivity contribution in [1.82, 2.24) is 9.21 Å². The first kappa shape index (κ1) is 20.2. The van der Waals surface area contributed by atoms with Gasteiger partial charge in [0.05, 0.1) is 18.5 Å². The summed E-state index contributed by atoms with van der Waals surface area (Å²) in [5.41, 5.74) is -0.289. The largest absolute Gasteiger partial charge is 0.497 e. The van der Waals surface area contributed by atoms with E-state index in [2.05, 4.69) is 0 Å². The molecule has 142 valence electrons. The molecule has 1 aromatic rings. The smallest absolute Gasteiger partial charge is 0.214 e. The lowest BCUT2D eigenvalue weighted by atomic mass is 9.76. The van der Waals surface area contributed by atoms with Crippen molar-refractivity contribution in [1.29, 1.82) is 0 Å². The molecule has 0 saturated carbocycles. The van der Waals surface area contributed by atoms with Gasteiger partial charge in [-0.05, 0) is 44.6 Å². The Morgan fingerprint density at radius 2 is 2.12 bits per heavy atom. The SMILES string of the molecule is CCCS(=O)(=O)N1CCC(O)(c2cccc(OC)c2)C(CN(C)C)C1. The topological polar surface area (TPSA) is 70.1 Å². The van der Waals surface area contributed by atoms with E-state index in [1.54, 1.807) is 11.4 Å². The lowest BCUT2D eigenvalue weighted by Gasteiger charge is -2.45. The summed E-state index contributed by atoms with van der Waals surface area (Å²) in [5.74, 6) is 0.629. The number of benzene rings is 1. The number of piperidine rings is 1. The third kappa shape index (κ3) is 4.53. The molecule has 2 rings (SSSR count). The number of rotatable bonds is 7. The molecule has 1 aliphatic heterocycles. The van der Waals surface area contributed by atoms with E-state index in [1.807, 2.05) is 50.2 Å². The second-order valence-corrected chi connectivity index (χ2v) is 9.13. The number of hydrogen-bond acceptors (Lipinski definition) is 5. The van der Waals surface area contributed by atoms with Gasteiger partial charge in [-0.3, -0.25) is 0 Å². The summed E-state index contributed by atoms with van der Waals surface area (Å²) >= 11 is 0. The van der Waals surface area contributed by atoms with Crippen molar-refractivity contribution >= 4 is 10.0 Å². The highest BCUT2D eigenvalue weighted by Gasteiger charge is 2.45. The van der Waals surface area contributed by atoms with Crippen molar-refractivity contribution in [3.63, 3.8) is 0 Å². The lowest BCUT2D eigenvalue weighted by Crippen LogP contribution is -2.54. The van der Waals surface area contributed by atoms with E-state index >= 15 is 0 Å². The van der Waals surface area contributed by atoms with E-state index in [0.717, 1.165) is 5.56 Å². The Hall–Kier alpha value is -1.15. The Kier molecular flexibility index (Phi) is 6.48. The van der Waals surface area contributed by atoms with Crippen LogP contribution in [0, 0.1) is 5.92 Å². The second-order valence-electron chi connectivity index (χ2n) is 7.04. The highest BCUT2D eigenvalue weighted by molar-refractivity contribution is 7.89. The van der Waals surface area contributed by atoms with Crippen LogP contribution in [0.2, 0.25) is 0 Å². The summed E-state index contributed by atoms with van der Waals surface area (Å²) in [7, 11) is 2.20. The lowest BCUT2D eigenvalue weighted by molar-refractivity contribution is -0.0698. The average molecular weight is 371 g/mol. The number of aliphatic hydroxyl groups is 1. The molecule has 2 unspecified atom stereocenters. The molecule has 6 nitrogen and oxygen atoms in total. The van der Waals surface area contributed by atoms with Crippen molar-refractivity contribution in [2.24, 2.45) is 5.92 Å². The molecule has 1 aromatic carbocycles. The zero-order valence-electron chi connectivity index (χ0n) is 15.6. The maximum Gasteiger partial charge on any atom is 0.214 e. The molecule has 0 amide bonds. The Labute approximate surface area is 151 Å². The quantitative estimate of drug-likeness (QED) is 0.788. The third-order valence-corrected chi connectivity index (χ3v) is 6.89. The Bertz CT molecular complexity index is 677. The first-order chi connectivity index (χ1) is 11.7. The van der Waals surface area contributed by atoms with Crippen molar-refractivity contribution in [2.45, 2.75) is 25.4 Å². The zero-order chi connectivity index (χ0) is 18.7. The predicted molar refractivity (Wildman–Crippen MR) is 99.2 cm³/mol. The van der Waals surface area contributed by atoms with Gasteiger partial charge in [0.25, 0.3) is 0 Å². The van der Waals surface area contributed by atoms with Crippen LogP contribution in [0.4, 0.5) is 0 Å². The number of hydrogen-bond donors (Lipinski definition) is 1. The minimum Gasteiger partial charge on any atom is -0.497 e. The van der Waals surface area contributed by atoms with Crippen LogP contribution in [0.5, 0.6) is 5.75 Å². The number of sulfonamides is 1. The van der Waals surface area contributed by atoms with Gasteiger partial charge in [0.2, 0.25) is 10.0 Å². The molecule has 0 aromatic heterocycles. The number of nitrogens with zero attached hydrogens (tertiary/aromatic N) is 2. The molecule has 2 atom stereocenters. The summed E-state index contributed by atoms with van der Waals surface area (Å²) < 4.78 is 31.8. The summed E-state index contributed by atoms with van der Waals surface area (Å²) in [6.45, 7) is 3.13. The van der Waals surface area contributed by atoms with E-state index in [1.165, 1.54) is 0 Å². The number of ether oxygens (including phenoxy) is 1. The molecule has 0 spiro atoms. The zero-order valence-corrected chi connectivity index (χ0v) is 16.4. The van der Waals surface area contributed by atoms with Crippen LogP contribution < -0.4 is 4.74 Å². The van der Waals surface area contributed by atoms with Crippen LogP contribution in [0.15, 0.2) is 24.3 Å². The molecule has 1 N–H and O–H groups in total. The van der Waals surface area contributed by atoms with E-state index in [9.17, 15) is 13.5 Å². The van der Waals surface area contributed by atoms with Crippen LogP contribution in [-0.2, 0) is 15.6 Å². The molecule has 1 fully saturated rings. The molecule has 1 heterocycles. The maximum absolute atomic E-state index is 12.5. The molecule has 1 saturated heterocycles. The number of methoxy groups -OCH3 is 1. The molecule has 0 bridgehead atoms. The standard InChI is InChI=1S/C18H30N2O4S/c1-5-11-25(22,23)20-10-9-18(21,16(14-20)13-19(2)3)15-7-6-8-17(12-15)24-4/h6-8,12,16,21H,5,9-11,13-14H2,1-4H3. The maximum atomic E-state index is 12.5. The summed E-state index contributed by atoms with van der Waals surface area (Å²) in [6, 6.07) is 7.44. The Morgan fingerprint density at radius 1 is 1.40 bits per heavy atom. The Balaban J connectivity index is 2.34. The molecule has 0 radical (unpaired) electrons. The molecule has 25 heavy (non-hydrogen) atoms. The highest BCUT2D eigenvalue weighted by Crippen LogP contribution is 2.39. The molecular weight excluding hydrogens is 340 g/mol. The van der Waals surface area contributed by atoms with Gasteiger partial charge < -0.3 is 14.7 Å². The van der Waals surface area contributed by atoms with Gasteiger partial charge in [-0.15, -0.1) is 0 Å². The van der Waals surface area contributed by atoms with Crippen LogP contribution >= 0.6 is 0 Å². The van der Waals surface area contributed by atoms with Crippen LogP contribution in [0.25, 0.3) is 0 Å². The van der Waals surface area contributed by atoms with Gasteiger partial charge in [0.15, 0.2) is 0 Å². The normalized spacial score (nSPS) is 25.3. The second kappa shape index (κ2) is 8.03. The van der Waals surface area contributed by atoms with Crippen molar-refractivity contribution in [2.75, 3.05) is 46.6 Å². The molecular formula is C18H30N2O4S. The summed E-state index contributed by atoms with van der Waals surface area (Å²) in [5, 5.41) is 11.5. The van der Waals surface area contributed by atoms with Gasteiger partial charge >= 0.3 is 0 Å². The summed E-state index contributed by atoms with van der Waals surface area (Å²) in [4.78, 5) is 1.99. The highest BCUT2D eigenvalue weighted by atomic mass is 32.2. The predicted octanol–water partition coefficient (Wildman–Crippen LogP) is 1.51. The van der Waals surface area contributed by atoms with Crippen LogP contribution in [-0.4, -0.2) is 69.3 Å². The monoisotopic (exact) mass is 370 g/mol. The Morgan fingerprint density at radius 3 is 2.72 bits per heavy atom. The van der Waals surface area contributed by atoms with E-state index < -0.39 is 15.6 Å². The van der Waals surface area contributed by atoms with Gasteiger partial charge in [-0.25, -0.2) is 12.7 Å². The minimum atomic E-state index is -3.27. The fraction of sp³-hybridized carbons (Fsp3) is 0.667. The van der Waals surface area contributed by atoms with Crippen LogP contribution in [0.1, 0.15) is 25.3 Å². The fourth-order valence-electron chi connectivity index (χ4n) is 3.55. The van der Waals surface area contributed by atoms with E-state index in [4.69, 9.17) is 4.74 Å². The van der Waals surface area contributed by atoms with Gasteiger partial charge in [-0.1, -0.05) is 19.1 Å². The van der Waals surface area contributed by atoms with Gasteiger partial charge in [0, 0.05) is 25.6 Å². The molecule has 7 heteroatoms. The third-order valence-electron chi connectivity index (χ3n) is 4.85. The van der Waals surface area contributed by atoms with Crippen molar-refractivity contribution in [3.8, 4) is 5.75 Å². The molecule has 1 aliphatic rings. The first-order valence-electron chi connectivity index (χ1n) is 8.72. The molecule has 0 aliphatic carbocycles. The fourth-order valence-corrected chi connectivity index (χ4v) is 5.10. The van der Waals surface area contributed by atoms with Crippen molar-refractivity contribution < 1.29 is 18.3 Å². The van der Waals surface area contributed by atoms with Crippen molar-refractivity contribution in [3.05, 3.63) is 29.8 Å². The van der Waals surface area contributed by atoms with Gasteiger partial charge in [0.1, 0.15) is 5.75 Å².